The van der Waals surface area contributed by atoms with Crippen LogP contribution in [0.4, 0.5) is 5.69 Å². The Kier molecular flexibility index (Phi) is 8.07. The van der Waals surface area contributed by atoms with Crippen molar-refractivity contribution >= 4 is 23.6 Å². The fourth-order valence-corrected chi connectivity index (χ4v) is 5.51. The predicted octanol–water partition coefficient (Wildman–Crippen LogP) is 4.73. The van der Waals surface area contributed by atoms with Crippen molar-refractivity contribution in [2.24, 2.45) is 0 Å². The van der Waals surface area contributed by atoms with E-state index in [4.69, 9.17) is 14.2 Å². The number of methoxy groups -OCH3 is 3. The number of ether oxygens (including phenoxy) is 3. The van der Waals surface area contributed by atoms with Gasteiger partial charge in [0.15, 0.2) is 11.5 Å². The quantitative estimate of drug-likeness (QED) is 0.363. The number of carbonyl (C=O) groups is 2. The van der Waals surface area contributed by atoms with E-state index in [-0.39, 0.29) is 18.4 Å². The highest BCUT2D eigenvalue weighted by Gasteiger charge is 2.39. The zero-order chi connectivity index (χ0) is 28.2. The van der Waals surface area contributed by atoms with Crippen LogP contribution in [-0.4, -0.2) is 75.7 Å². The van der Waals surface area contributed by atoms with Crippen LogP contribution in [0.2, 0.25) is 0 Å². The lowest BCUT2D eigenvalue weighted by molar-refractivity contribution is 0.0642. The molecule has 0 N–H and O–H groups in total. The van der Waals surface area contributed by atoms with Gasteiger partial charge in [0.1, 0.15) is 0 Å². The third kappa shape index (κ3) is 5.40. The van der Waals surface area contributed by atoms with Crippen molar-refractivity contribution in [3.05, 3.63) is 88.5 Å². The van der Waals surface area contributed by atoms with E-state index in [0.717, 1.165) is 38.4 Å². The fourth-order valence-electron chi connectivity index (χ4n) is 5.51. The molecule has 2 heterocycles. The van der Waals surface area contributed by atoms with E-state index in [2.05, 4.69) is 34.9 Å². The van der Waals surface area contributed by atoms with Crippen molar-refractivity contribution in [2.45, 2.75) is 13.5 Å². The summed E-state index contributed by atoms with van der Waals surface area (Å²) in [5.74, 6) is 0.828. The molecule has 40 heavy (non-hydrogen) atoms. The average Bonchev–Trinajstić information content (AvgIpc) is 3.22. The summed E-state index contributed by atoms with van der Waals surface area (Å²) in [5, 5.41) is 0. The monoisotopic (exact) mass is 541 g/mol. The molecule has 8 heteroatoms. The van der Waals surface area contributed by atoms with Crippen molar-refractivity contribution in [1.82, 2.24) is 9.80 Å². The van der Waals surface area contributed by atoms with Gasteiger partial charge in [0.2, 0.25) is 5.75 Å². The zero-order valence-corrected chi connectivity index (χ0v) is 23.5. The standard InChI is InChI=1S/C32H35N3O5/c1-22(17-23-9-6-5-7-10-23)20-33-13-15-34(16-14-33)26-12-8-11-25-29(26)32(37)35(31(25)36)21-24-18-27(38-2)30(40-4)28(19-24)39-3/h5-12,17-19H,13-16,20-21H2,1-4H3/b22-17+. The van der Waals surface area contributed by atoms with Crippen LogP contribution in [0.25, 0.3) is 6.08 Å². The molecule has 0 spiro atoms. The maximum absolute atomic E-state index is 13.7. The second kappa shape index (κ2) is 11.8. The normalized spacial score (nSPS) is 15.8. The van der Waals surface area contributed by atoms with Crippen molar-refractivity contribution in [3.63, 3.8) is 0 Å². The van der Waals surface area contributed by atoms with Crippen LogP contribution in [0, 0.1) is 0 Å². The molecule has 3 aromatic rings. The third-order valence-corrected chi connectivity index (χ3v) is 7.44. The van der Waals surface area contributed by atoms with Gasteiger partial charge in [-0.25, -0.2) is 0 Å². The molecule has 0 unspecified atom stereocenters. The van der Waals surface area contributed by atoms with Crippen molar-refractivity contribution < 1.29 is 23.8 Å². The van der Waals surface area contributed by atoms with Gasteiger partial charge in [-0.3, -0.25) is 19.4 Å². The Morgan fingerprint density at radius 1 is 0.825 bits per heavy atom. The molecular formula is C32H35N3O5. The van der Waals surface area contributed by atoms with E-state index in [1.165, 1.54) is 37.4 Å². The van der Waals surface area contributed by atoms with E-state index in [9.17, 15) is 9.59 Å². The van der Waals surface area contributed by atoms with E-state index in [0.29, 0.717) is 33.9 Å². The molecule has 2 amide bonds. The Balaban J connectivity index is 1.30. The smallest absolute Gasteiger partial charge is 0.263 e. The largest absolute Gasteiger partial charge is 0.493 e. The summed E-state index contributed by atoms with van der Waals surface area (Å²) >= 11 is 0. The van der Waals surface area contributed by atoms with Gasteiger partial charge in [-0.1, -0.05) is 48.0 Å². The number of hydrogen-bond donors (Lipinski definition) is 0. The minimum Gasteiger partial charge on any atom is -0.493 e. The first kappa shape index (κ1) is 27.3. The molecule has 0 atom stereocenters. The van der Waals surface area contributed by atoms with E-state index >= 15 is 0 Å². The number of piperazine rings is 1. The van der Waals surface area contributed by atoms with Crippen LogP contribution in [-0.2, 0) is 6.54 Å². The second-order valence-electron chi connectivity index (χ2n) is 10.1. The van der Waals surface area contributed by atoms with Crippen molar-refractivity contribution in [3.8, 4) is 17.2 Å². The molecule has 0 radical (unpaired) electrons. The van der Waals surface area contributed by atoms with Crippen molar-refractivity contribution in [1.29, 1.82) is 0 Å². The lowest BCUT2D eigenvalue weighted by atomic mass is 10.1. The first-order valence-corrected chi connectivity index (χ1v) is 13.4. The Morgan fingerprint density at radius 3 is 2.12 bits per heavy atom. The van der Waals surface area contributed by atoms with Gasteiger partial charge in [-0.15, -0.1) is 0 Å². The minimum absolute atomic E-state index is 0.101. The van der Waals surface area contributed by atoms with Crippen LogP contribution in [0.15, 0.2) is 66.2 Å². The van der Waals surface area contributed by atoms with Crippen LogP contribution >= 0.6 is 0 Å². The lowest BCUT2D eigenvalue weighted by Crippen LogP contribution is -2.47. The number of nitrogens with zero attached hydrogens (tertiary/aromatic N) is 3. The Labute approximate surface area is 235 Å². The van der Waals surface area contributed by atoms with Gasteiger partial charge in [-0.2, -0.15) is 0 Å². The third-order valence-electron chi connectivity index (χ3n) is 7.44. The number of rotatable bonds is 9. The van der Waals surface area contributed by atoms with Gasteiger partial charge >= 0.3 is 0 Å². The Bertz CT molecular complexity index is 1400. The molecule has 1 fully saturated rings. The Morgan fingerprint density at radius 2 is 1.50 bits per heavy atom. The summed E-state index contributed by atoms with van der Waals surface area (Å²) in [6.45, 7) is 6.48. The molecule has 5 rings (SSSR count). The molecule has 8 nitrogen and oxygen atoms in total. The van der Waals surface area contributed by atoms with E-state index in [1.54, 1.807) is 18.2 Å². The van der Waals surface area contributed by atoms with Crippen LogP contribution < -0.4 is 19.1 Å². The van der Waals surface area contributed by atoms with Crippen LogP contribution in [0.5, 0.6) is 17.2 Å². The number of anilines is 1. The SMILES string of the molecule is COc1cc(CN2C(=O)c3cccc(N4CCN(C/C(C)=C/c5ccccc5)CC4)c3C2=O)cc(OC)c1OC. The zero-order valence-electron chi connectivity index (χ0n) is 23.5. The lowest BCUT2D eigenvalue weighted by Gasteiger charge is -2.37. The van der Waals surface area contributed by atoms with Gasteiger partial charge in [0.25, 0.3) is 11.8 Å². The van der Waals surface area contributed by atoms with E-state index < -0.39 is 0 Å². The number of hydrogen-bond acceptors (Lipinski definition) is 7. The molecule has 2 aliphatic rings. The second-order valence-corrected chi connectivity index (χ2v) is 10.1. The van der Waals surface area contributed by atoms with E-state index in [1.807, 2.05) is 30.3 Å². The van der Waals surface area contributed by atoms with Crippen molar-refractivity contribution in [2.75, 3.05) is 59.0 Å². The topological polar surface area (TPSA) is 71.6 Å². The molecular weight excluding hydrogens is 506 g/mol. The fraction of sp³-hybridized carbons (Fsp3) is 0.312. The predicted molar refractivity (Wildman–Crippen MR) is 155 cm³/mol. The maximum atomic E-state index is 13.7. The summed E-state index contributed by atoms with van der Waals surface area (Å²) < 4.78 is 16.3. The molecule has 0 saturated carbocycles. The molecule has 0 aliphatic carbocycles. The Hall–Kier alpha value is -4.30. The molecule has 0 bridgehead atoms. The van der Waals surface area contributed by atoms with Crippen LogP contribution in [0.1, 0.15) is 38.8 Å². The number of imide groups is 1. The highest BCUT2D eigenvalue weighted by atomic mass is 16.5. The van der Waals surface area contributed by atoms with Gasteiger partial charge in [-0.05, 0) is 42.3 Å². The summed E-state index contributed by atoms with van der Waals surface area (Å²) in [7, 11) is 4.61. The maximum Gasteiger partial charge on any atom is 0.263 e. The number of benzene rings is 3. The van der Waals surface area contributed by atoms with Gasteiger partial charge < -0.3 is 19.1 Å². The molecule has 208 valence electrons. The molecule has 1 saturated heterocycles. The first-order valence-electron chi connectivity index (χ1n) is 13.4. The summed E-state index contributed by atoms with van der Waals surface area (Å²) in [6.07, 6.45) is 2.23. The summed E-state index contributed by atoms with van der Waals surface area (Å²) in [6, 6.07) is 19.4. The van der Waals surface area contributed by atoms with Crippen LogP contribution in [0.3, 0.4) is 0 Å². The highest BCUT2D eigenvalue weighted by Crippen LogP contribution is 2.39. The number of fused-ring (bicyclic) bond motifs is 1. The minimum atomic E-state index is -0.295. The summed E-state index contributed by atoms with van der Waals surface area (Å²) in [5.41, 5.74) is 4.96. The summed E-state index contributed by atoms with van der Waals surface area (Å²) in [4.78, 5) is 33.0. The van der Waals surface area contributed by atoms with Gasteiger partial charge in [0, 0.05) is 32.7 Å². The molecule has 2 aliphatic heterocycles. The average molecular weight is 542 g/mol. The molecule has 0 aromatic heterocycles. The number of amides is 2. The first-order chi connectivity index (χ1) is 19.4. The number of carbonyl (C=O) groups excluding carboxylic acids is 2. The van der Waals surface area contributed by atoms with Gasteiger partial charge in [0.05, 0.1) is 44.7 Å². The molecule has 3 aromatic carbocycles. The highest BCUT2D eigenvalue weighted by molar-refractivity contribution is 6.23.